The summed E-state index contributed by atoms with van der Waals surface area (Å²) in [5.41, 5.74) is 2.61. The van der Waals surface area contributed by atoms with Crippen LogP contribution in [0.5, 0.6) is 5.75 Å². The molecular weight excluding hydrogens is 399 g/mol. The van der Waals surface area contributed by atoms with Gasteiger partial charge in [-0.2, -0.15) is 0 Å². The fourth-order valence-electron chi connectivity index (χ4n) is 2.67. The third kappa shape index (κ3) is 5.36. The zero-order chi connectivity index (χ0) is 19.2. The van der Waals surface area contributed by atoms with Crippen molar-refractivity contribution in [3.63, 3.8) is 0 Å². The molecule has 6 heteroatoms. The molecule has 3 aromatic carbocycles. The molecule has 0 aliphatic carbocycles. The van der Waals surface area contributed by atoms with Crippen LogP contribution in [0.25, 0.3) is 0 Å². The highest BCUT2D eigenvalue weighted by Crippen LogP contribution is 2.32. The van der Waals surface area contributed by atoms with Gasteiger partial charge in [0.25, 0.3) is 0 Å². The highest BCUT2D eigenvalue weighted by atomic mass is 35.5. The molecule has 0 unspecified atom stereocenters. The molecule has 0 bridgehead atoms. The lowest BCUT2D eigenvalue weighted by atomic mass is 10.1. The molecule has 0 heterocycles. The molecule has 0 aliphatic heterocycles. The Balaban J connectivity index is 1.86. The molecule has 0 atom stereocenters. The van der Waals surface area contributed by atoms with Crippen molar-refractivity contribution in [1.82, 2.24) is 4.90 Å². The summed E-state index contributed by atoms with van der Waals surface area (Å²) >= 11 is 17.8. The maximum Gasteiger partial charge on any atom is 0.174 e. The van der Waals surface area contributed by atoms with Gasteiger partial charge in [0.15, 0.2) is 5.11 Å². The predicted molar refractivity (Wildman–Crippen MR) is 116 cm³/mol. The Hall–Kier alpha value is -2.27. The minimum atomic E-state index is 0.0154. The van der Waals surface area contributed by atoms with E-state index in [0.717, 1.165) is 11.3 Å². The lowest BCUT2D eigenvalue weighted by Gasteiger charge is -2.27. The molecule has 0 fully saturated rings. The molecule has 0 spiro atoms. The van der Waals surface area contributed by atoms with Gasteiger partial charge in [-0.05, 0) is 42.0 Å². The van der Waals surface area contributed by atoms with Gasteiger partial charge in [-0.25, -0.2) is 0 Å². The molecule has 0 aromatic heterocycles. The maximum atomic E-state index is 10.3. The molecule has 0 saturated carbocycles. The Morgan fingerprint density at radius 1 is 0.926 bits per heavy atom. The number of benzene rings is 3. The highest BCUT2D eigenvalue weighted by molar-refractivity contribution is 7.80. The lowest BCUT2D eigenvalue weighted by Crippen LogP contribution is -2.33. The topological polar surface area (TPSA) is 35.5 Å². The smallest absolute Gasteiger partial charge is 0.174 e. The van der Waals surface area contributed by atoms with E-state index in [9.17, 15) is 5.11 Å². The highest BCUT2D eigenvalue weighted by Gasteiger charge is 2.16. The van der Waals surface area contributed by atoms with E-state index in [0.29, 0.717) is 28.8 Å². The first kappa shape index (κ1) is 19.5. The Labute approximate surface area is 174 Å². The number of hydrogen-bond donors (Lipinski definition) is 2. The van der Waals surface area contributed by atoms with Gasteiger partial charge >= 0.3 is 0 Å². The van der Waals surface area contributed by atoms with Crippen molar-refractivity contribution < 1.29 is 5.11 Å². The summed E-state index contributed by atoms with van der Waals surface area (Å²) < 4.78 is 0. The van der Waals surface area contributed by atoms with Crippen molar-refractivity contribution >= 4 is 46.2 Å². The van der Waals surface area contributed by atoms with Gasteiger partial charge < -0.3 is 15.3 Å². The van der Waals surface area contributed by atoms with Crippen LogP contribution >= 0.6 is 35.4 Å². The van der Waals surface area contributed by atoms with Gasteiger partial charge in [0, 0.05) is 29.4 Å². The number of para-hydroxylation sites is 1. The van der Waals surface area contributed by atoms with Crippen LogP contribution in [0.15, 0.2) is 72.8 Å². The molecule has 0 radical (unpaired) electrons. The van der Waals surface area contributed by atoms with E-state index in [1.165, 1.54) is 6.07 Å². The second-order valence-electron chi connectivity index (χ2n) is 6.03. The number of nitrogens with one attached hydrogen (secondary N) is 1. The average molecular weight is 417 g/mol. The van der Waals surface area contributed by atoms with E-state index in [4.69, 9.17) is 35.4 Å². The number of phenolic OH excluding ortho intramolecular Hbond substituents is 1. The lowest BCUT2D eigenvalue weighted by molar-refractivity contribution is 0.395. The summed E-state index contributed by atoms with van der Waals surface area (Å²) in [4.78, 5) is 1.96. The quantitative estimate of drug-likeness (QED) is 0.492. The molecule has 138 valence electrons. The van der Waals surface area contributed by atoms with Crippen LogP contribution in [0.2, 0.25) is 10.0 Å². The third-order valence-electron chi connectivity index (χ3n) is 4.00. The van der Waals surface area contributed by atoms with E-state index in [1.807, 2.05) is 65.6 Å². The molecular formula is C21H18Cl2N2OS. The average Bonchev–Trinajstić information content (AvgIpc) is 2.66. The van der Waals surface area contributed by atoms with Crippen LogP contribution in [-0.4, -0.2) is 15.1 Å². The second-order valence-corrected chi connectivity index (χ2v) is 7.26. The molecule has 0 saturated heterocycles. The number of nitrogens with zero attached hydrogens (tertiary/aromatic N) is 1. The predicted octanol–water partition coefficient (Wildman–Crippen LogP) is 6.10. The SMILES string of the molecule is Oc1c(Cl)cc(Cl)cc1CN(Cc1ccccc1)C(=S)Nc1ccccc1. The van der Waals surface area contributed by atoms with Crippen molar-refractivity contribution in [3.8, 4) is 5.75 Å². The first-order chi connectivity index (χ1) is 13.0. The Kier molecular flexibility index (Phi) is 6.56. The molecule has 3 rings (SSSR count). The normalized spacial score (nSPS) is 10.4. The number of aromatic hydroxyl groups is 1. The van der Waals surface area contributed by atoms with Crippen LogP contribution < -0.4 is 5.32 Å². The molecule has 2 N–H and O–H groups in total. The Morgan fingerprint density at radius 3 is 2.22 bits per heavy atom. The Bertz CT molecular complexity index is 920. The van der Waals surface area contributed by atoms with Crippen molar-refractivity contribution in [2.75, 3.05) is 5.32 Å². The van der Waals surface area contributed by atoms with Gasteiger partial charge in [-0.1, -0.05) is 71.7 Å². The van der Waals surface area contributed by atoms with Gasteiger partial charge in [-0.15, -0.1) is 0 Å². The van der Waals surface area contributed by atoms with E-state index in [2.05, 4.69) is 5.32 Å². The molecule has 3 nitrogen and oxygen atoms in total. The van der Waals surface area contributed by atoms with Crippen LogP contribution in [0.4, 0.5) is 5.69 Å². The maximum absolute atomic E-state index is 10.3. The number of phenols is 1. The summed E-state index contributed by atoms with van der Waals surface area (Å²) in [6.45, 7) is 0.933. The number of hydrogen-bond acceptors (Lipinski definition) is 2. The van der Waals surface area contributed by atoms with Crippen LogP contribution in [-0.2, 0) is 13.1 Å². The fraction of sp³-hybridized carbons (Fsp3) is 0.0952. The van der Waals surface area contributed by atoms with E-state index in [1.54, 1.807) is 6.07 Å². The van der Waals surface area contributed by atoms with Crippen molar-refractivity contribution in [1.29, 1.82) is 0 Å². The van der Waals surface area contributed by atoms with Gasteiger partial charge in [0.2, 0.25) is 0 Å². The molecule has 27 heavy (non-hydrogen) atoms. The first-order valence-electron chi connectivity index (χ1n) is 8.34. The van der Waals surface area contributed by atoms with E-state index >= 15 is 0 Å². The first-order valence-corrected chi connectivity index (χ1v) is 9.51. The van der Waals surface area contributed by atoms with Crippen LogP contribution in [0.1, 0.15) is 11.1 Å². The van der Waals surface area contributed by atoms with Gasteiger partial charge in [0.1, 0.15) is 5.75 Å². The minimum Gasteiger partial charge on any atom is -0.506 e. The minimum absolute atomic E-state index is 0.0154. The third-order valence-corrected chi connectivity index (χ3v) is 4.86. The summed E-state index contributed by atoms with van der Waals surface area (Å²) in [5, 5.41) is 14.8. The second kappa shape index (κ2) is 9.09. The fourth-order valence-corrected chi connectivity index (χ4v) is 3.46. The van der Waals surface area contributed by atoms with Crippen molar-refractivity contribution in [2.24, 2.45) is 0 Å². The molecule has 0 amide bonds. The number of anilines is 1. The van der Waals surface area contributed by atoms with Gasteiger partial charge in [-0.3, -0.25) is 0 Å². The molecule has 0 aliphatic rings. The van der Waals surface area contributed by atoms with E-state index in [-0.39, 0.29) is 10.8 Å². The standard InChI is InChI=1S/C21H18Cl2N2OS/c22-17-11-16(20(26)19(23)12-17)14-25(13-15-7-3-1-4-8-15)21(27)24-18-9-5-2-6-10-18/h1-12,26H,13-14H2,(H,24,27). The zero-order valence-electron chi connectivity index (χ0n) is 14.4. The van der Waals surface area contributed by atoms with Crippen LogP contribution in [0, 0.1) is 0 Å². The largest absolute Gasteiger partial charge is 0.506 e. The van der Waals surface area contributed by atoms with Crippen molar-refractivity contribution in [3.05, 3.63) is 94.0 Å². The van der Waals surface area contributed by atoms with E-state index < -0.39 is 0 Å². The van der Waals surface area contributed by atoms with Gasteiger partial charge in [0.05, 0.1) is 5.02 Å². The monoisotopic (exact) mass is 416 g/mol. The number of halogens is 2. The molecule has 3 aromatic rings. The summed E-state index contributed by atoms with van der Waals surface area (Å²) in [7, 11) is 0. The number of rotatable bonds is 5. The van der Waals surface area contributed by atoms with Crippen LogP contribution in [0.3, 0.4) is 0 Å². The summed E-state index contributed by atoms with van der Waals surface area (Å²) in [6, 6.07) is 22.9. The Morgan fingerprint density at radius 2 is 1.56 bits per heavy atom. The summed E-state index contributed by atoms with van der Waals surface area (Å²) in [5.74, 6) is 0.0154. The number of thiocarbonyl (C=S) groups is 1. The zero-order valence-corrected chi connectivity index (χ0v) is 16.7. The summed E-state index contributed by atoms with van der Waals surface area (Å²) in [6.07, 6.45) is 0. The van der Waals surface area contributed by atoms with Crippen molar-refractivity contribution in [2.45, 2.75) is 13.1 Å².